The molecule has 1 aliphatic rings. The van der Waals surface area contributed by atoms with E-state index in [1.165, 1.54) is 0 Å². The molecule has 0 amide bonds. The first-order valence-corrected chi connectivity index (χ1v) is 6.92. The van der Waals surface area contributed by atoms with Crippen molar-refractivity contribution < 1.29 is 14.0 Å². The van der Waals surface area contributed by atoms with Crippen molar-refractivity contribution in [1.29, 1.82) is 0 Å². The third-order valence-corrected chi connectivity index (χ3v) is 3.78. The number of ether oxygens (including phenoxy) is 2. The lowest BCUT2D eigenvalue weighted by molar-refractivity contribution is -0.0403. The van der Waals surface area contributed by atoms with Crippen molar-refractivity contribution in [3.8, 4) is 0 Å². The van der Waals surface area contributed by atoms with Crippen LogP contribution in [0.2, 0.25) is 0 Å². The first kappa shape index (κ1) is 14.4. The summed E-state index contributed by atoms with van der Waals surface area (Å²) in [5.74, 6) is 1.13. The Morgan fingerprint density at radius 3 is 2.89 bits per heavy atom. The zero-order chi connectivity index (χ0) is 13.9. The Labute approximate surface area is 113 Å². The van der Waals surface area contributed by atoms with Crippen LogP contribution in [-0.4, -0.2) is 36.0 Å². The van der Waals surface area contributed by atoms with E-state index in [-0.39, 0.29) is 12.0 Å². The average Bonchev–Trinajstić information content (AvgIpc) is 2.89. The monoisotopic (exact) mass is 269 g/mol. The van der Waals surface area contributed by atoms with Gasteiger partial charge >= 0.3 is 0 Å². The van der Waals surface area contributed by atoms with Crippen LogP contribution in [0.15, 0.2) is 4.52 Å². The molecule has 1 saturated heterocycles. The molecular formula is C13H23N3O3. The van der Waals surface area contributed by atoms with Gasteiger partial charge in [-0.3, -0.25) is 0 Å². The molecule has 1 aromatic heterocycles. The van der Waals surface area contributed by atoms with E-state index in [0.29, 0.717) is 31.5 Å². The predicted octanol–water partition coefficient (Wildman–Crippen LogP) is 1.56. The number of rotatable bonds is 5. The van der Waals surface area contributed by atoms with Gasteiger partial charge in [0.25, 0.3) is 0 Å². The SMILES string of the molecule is CCOC(C)(CC)c1noc(C2COCCC2N)n1. The van der Waals surface area contributed by atoms with Gasteiger partial charge in [-0.15, -0.1) is 0 Å². The van der Waals surface area contributed by atoms with E-state index in [1.54, 1.807) is 0 Å². The zero-order valence-corrected chi connectivity index (χ0v) is 11.9. The normalized spacial score (nSPS) is 27.2. The summed E-state index contributed by atoms with van der Waals surface area (Å²) in [6.45, 7) is 7.83. The van der Waals surface area contributed by atoms with E-state index >= 15 is 0 Å². The molecule has 0 aromatic carbocycles. The van der Waals surface area contributed by atoms with Gasteiger partial charge in [0.05, 0.1) is 12.5 Å². The number of nitrogens with zero attached hydrogens (tertiary/aromatic N) is 2. The van der Waals surface area contributed by atoms with Gasteiger partial charge in [-0.05, 0) is 26.7 Å². The minimum atomic E-state index is -0.504. The van der Waals surface area contributed by atoms with Gasteiger partial charge in [0.15, 0.2) is 0 Å². The number of aromatic nitrogens is 2. The minimum absolute atomic E-state index is 0.0158. The molecule has 1 aromatic rings. The standard InChI is InChI=1S/C13H23N3O3/c1-4-13(3,18-5-2)12-15-11(19-16-12)9-8-17-7-6-10(9)14/h9-10H,4-8,14H2,1-3H3. The highest BCUT2D eigenvalue weighted by Gasteiger charge is 2.34. The van der Waals surface area contributed by atoms with Crippen molar-refractivity contribution in [2.45, 2.75) is 51.2 Å². The highest BCUT2D eigenvalue weighted by Crippen LogP contribution is 2.29. The fraction of sp³-hybridized carbons (Fsp3) is 0.846. The largest absolute Gasteiger partial charge is 0.381 e. The summed E-state index contributed by atoms with van der Waals surface area (Å²) in [5, 5.41) is 4.07. The molecule has 0 saturated carbocycles. The fourth-order valence-corrected chi connectivity index (χ4v) is 2.25. The lowest BCUT2D eigenvalue weighted by Crippen LogP contribution is -2.37. The van der Waals surface area contributed by atoms with E-state index in [1.807, 2.05) is 20.8 Å². The predicted molar refractivity (Wildman–Crippen MR) is 69.7 cm³/mol. The second-order valence-electron chi connectivity index (χ2n) is 5.11. The lowest BCUT2D eigenvalue weighted by atomic mass is 9.96. The first-order valence-electron chi connectivity index (χ1n) is 6.92. The summed E-state index contributed by atoms with van der Waals surface area (Å²) in [5.41, 5.74) is 5.58. The van der Waals surface area contributed by atoms with Gasteiger partial charge < -0.3 is 19.7 Å². The summed E-state index contributed by atoms with van der Waals surface area (Å²) >= 11 is 0. The molecule has 3 unspecified atom stereocenters. The van der Waals surface area contributed by atoms with Crippen molar-refractivity contribution in [2.75, 3.05) is 19.8 Å². The van der Waals surface area contributed by atoms with Gasteiger partial charge in [-0.1, -0.05) is 12.1 Å². The van der Waals surface area contributed by atoms with E-state index in [4.69, 9.17) is 19.7 Å². The Kier molecular flexibility index (Phi) is 4.54. The quantitative estimate of drug-likeness (QED) is 0.873. The second-order valence-corrected chi connectivity index (χ2v) is 5.11. The highest BCUT2D eigenvalue weighted by atomic mass is 16.5. The molecule has 0 spiro atoms. The van der Waals surface area contributed by atoms with E-state index < -0.39 is 5.60 Å². The third kappa shape index (κ3) is 2.96. The Balaban J connectivity index is 2.17. The first-order chi connectivity index (χ1) is 9.10. The van der Waals surface area contributed by atoms with Gasteiger partial charge in [0.1, 0.15) is 5.60 Å². The maximum absolute atomic E-state index is 6.08. The Bertz CT molecular complexity index is 410. The molecule has 6 nitrogen and oxygen atoms in total. The summed E-state index contributed by atoms with van der Waals surface area (Å²) < 4.78 is 16.5. The van der Waals surface area contributed by atoms with Crippen LogP contribution in [0.3, 0.4) is 0 Å². The molecule has 0 bridgehead atoms. The van der Waals surface area contributed by atoms with Crippen molar-refractivity contribution >= 4 is 0 Å². The highest BCUT2D eigenvalue weighted by molar-refractivity contribution is 5.05. The van der Waals surface area contributed by atoms with Crippen LogP contribution in [0.25, 0.3) is 0 Å². The molecule has 1 fully saturated rings. The van der Waals surface area contributed by atoms with Gasteiger partial charge in [0.2, 0.25) is 11.7 Å². The molecule has 6 heteroatoms. The van der Waals surface area contributed by atoms with Crippen LogP contribution in [0.1, 0.15) is 51.2 Å². The molecule has 2 rings (SSSR count). The molecule has 0 aliphatic carbocycles. The van der Waals surface area contributed by atoms with Crippen LogP contribution in [0.4, 0.5) is 0 Å². The van der Waals surface area contributed by atoms with E-state index in [9.17, 15) is 0 Å². The Morgan fingerprint density at radius 1 is 1.47 bits per heavy atom. The Morgan fingerprint density at radius 2 is 2.26 bits per heavy atom. The molecule has 108 valence electrons. The third-order valence-electron chi connectivity index (χ3n) is 3.78. The van der Waals surface area contributed by atoms with Crippen LogP contribution < -0.4 is 5.73 Å². The van der Waals surface area contributed by atoms with E-state index in [2.05, 4.69) is 10.1 Å². The van der Waals surface area contributed by atoms with Gasteiger partial charge in [-0.2, -0.15) is 4.98 Å². The van der Waals surface area contributed by atoms with Crippen LogP contribution in [-0.2, 0) is 15.1 Å². The lowest BCUT2D eigenvalue weighted by Gasteiger charge is -2.26. The summed E-state index contributed by atoms with van der Waals surface area (Å²) in [7, 11) is 0. The topological polar surface area (TPSA) is 83.4 Å². The number of hydrogen-bond acceptors (Lipinski definition) is 6. The molecule has 2 heterocycles. The zero-order valence-electron chi connectivity index (χ0n) is 11.9. The van der Waals surface area contributed by atoms with Crippen LogP contribution >= 0.6 is 0 Å². The second kappa shape index (κ2) is 5.98. The molecule has 2 N–H and O–H groups in total. The molecule has 1 aliphatic heterocycles. The Hall–Kier alpha value is -0.980. The molecule has 19 heavy (non-hydrogen) atoms. The maximum Gasteiger partial charge on any atom is 0.233 e. The fourth-order valence-electron chi connectivity index (χ4n) is 2.25. The van der Waals surface area contributed by atoms with E-state index in [0.717, 1.165) is 12.8 Å². The van der Waals surface area contributed by atoms with Crippen molar-refractivity contribution in [2.24, 2.45) is 5.73 Å². The summed E-state index contributed by atoms with van der Waals surface area (Å²) in [6.07, 6.45) is 1.60. The molecule has 0 radical (unpaired) electrons. The number of hydrogen-bond donors (Lipinski definition) is 1. The van der Waals surface area contributed by atoms with Gasteiger partial charge in [-0.25, -0.2) is 0 Å². The smallest absolute Gasteiger partial charge is 0.233 e. The van der Waals surface area contributed by atoms with Gasteiger partial charge in [0, 0.05) is 19.3 Å². The molecular weight excluding hydrogens is 246 g/mol. The average molecular weight is 269 g/mol. The van der Waals surface area contributed by atoms with Crippen LogP contribution in [0.5, 0.6) is 0 Å². The summed E-state index contributed by atoms with van der Waals surface area (Å²) in [6, 6.07) is 0.0158. The minimum Gasteiger partial charge on any atom is -0.381 e. The van der Waals surface area contributed by atoms with Crippen molar-refractivity contribution in [3.63, 3.8) is 0 Å². The maximum atomic E-state index is 6.08. The van der Waals surface area contributed by atoms with Crippen molar-refractivity contribution in [3.05, 3.63) is 11.7 Å². The number of nitrogens with two attached hydrogens (primary N) is 1. The van der Waals surface area contributed by atoms with Crippen molar-refractivity contribution in [1.82, 2.24) is 10.1 Å². The summed E-state index contributed by atoms with van der Waals surface area (Å²) in [4.78, 5) is 4.48. The molecule has 3 atom stereocenters. The van der Waals surface area contributed by atoms with Crippen LogP contribution in [0, 0.1) is 0 Å².